The molecule has 2 aromatic carbocycles. The molecule has 2 rings (SSSR count). The molecule has 8 heteroatoms. The molecule has 0 aliphatic carbocycles. The van der Waals surface area contributed by atoms with Crippen molar-refractivity contribution in [2.75, 3.05) is 14.2 Å². The highest BCUT2D eigenvalue weighted by molar-refractivity contribution is 6.45. The number of hydrogen-bond acceptors (Lipinski definition) is 5. The van der Waals surface area contributed by atoms with Gasteiger partial charge in [0.2, 0.25) is 0 Å². The molecule has 0 atom stereocenters. The standard InChI is InChI=1S/C21H21ClFN3O3/c1-24-21(27)20(26-28-2)18-6-4-3-5-17(18)14-29-25-12-11-15-7-9-16(10-8-15)13-19(22)23/h3-10,12-13H,11,14H2,1-2H3,(H,24,27)/b19-13+,25-12+,26-20-. The molecule has 1 amide bonds. The first-order chi connectivity index (χ1) is 14.0. The summed E-state index contributed by atoms with van der Waals surface area (Å²) in [5.74, 6) is -0.366. The monoisotopic (exact) mass is 417 g/mol. The first-order valence-electron chi connectivity index (χ1n) is 8.72. The normalized spacial score (nSPS) is 12.1. The van der Waals surface area contributed by atoms with Crippen molar-refractivity contribution in [3.8, 4) is 0 Å². The lowest BCUT2D eigenvalue weighted by Crippen LogP contribution is -2.29. The van der Waals surface area contributed by atoms with Gasteiger partial charge in [-0.3, -0.25) is 4.79 Å². The molecule has 0 aromatic heterocycles. The van der Waals surface area contributed by atoms with Gasteiger partial charge in [0.15, 0.2) is 11.0 Å². The van der Waals surface area contributed by atoms with E-state index in [9.17, 15) is 9.18 Å². The third kappa shape index (κ3) is 7.04. The predicted molar refractivity (Wildman–Crippen MR) is 112 cm³/mol. The second kappa shape index (κ2) is 11.6. The molecule has 1 N–H and O–H groups in total. The van der Waals surface area contributed by atoms with Crippen LogP contribution in [0.3, 0.4) is 0 Å². The Labute approximate surface area is 173 Å². The molecule has 0 aliphatic rings. The number of oxime groups is 2. The summed E-state index contributed by atoms with van der Waals surface area (Å²) in [6, 6.07) is 14.4. The molecule has 6 nitrogen and oxygen atoms in total. The van der Waals surface area contributed by atoms with Crippen molar-refractivity contribution >= 4 is 35.5 Å². The Kier molecular flexibility index (Phi) is 8.85. The van der Waals surface area contributed by atoms with E-state index in [0.717, 1.165) is 11.1 Å². The SMILES string of the molecule is CNC(=O)/C(=N\OC)c1ccccc1CO/N=C/Cc1ccc(/C=C(/F)Cl)cc1. The average Bonchev–Trinajstić information content (AvgIpc) is 2.72. The highest BCUT2D eigenvalue weighted by Crippen LogP contribution is 2.14. The van der Waals surface area contributed by atoms with E-state index >= 15 is 0 Å². The van der Waals surface area contributed by atoms with Crippen molar-refractivity contribution < 1.29 is 18.9 Å². The van der Waals surface area contributed by atoms with Crippen molar-refractivity contribution in [3.63, 3.8) is 0 Å². The zero-order valence-electron chi connectivity index (χ0n) is 16.1. The number of hydrogen-bond donors (Lipinski definition) is 1. The first kappa shape index (κ1) is 22.1. The summed E-state index contributed by atoms with van der Waals surface area (Å²) >= 11 is 5.21. The lowest BCUT2D eigenvalue weighted by molar-refractivity contribution is -0.114. The maximum absolute atomic E-state index is 12.7. The van der Waals surface area contributed by atoms with Crippen LogP contribution >= 0.6 is 11.6 Å². The van der Waals surface area contributed by atoms with Gasteiger partial charge in [-0.15, -0.1) is 0 Å². The van der Waals surface area contributed by atoms with E-state index in [1.165, 1.54) is 20.2 Å². The van der Waals surface area contributed by atoms with Gasteiger partial charge >= 0.3 is 0 Å². The molecule has 0 saturated carbocycles. The zero-order valence-corrected chi connectivity index (χ0v) is 16.8. The molecular weight excluding hydrogens is 397 g/mol. The Morgan fingerprint density at radius 1 is 1.21 bits per heavy atom. The van der Waals surface area contributed by atoms with Crippen LogP contribution < -0.4 is 5.32 Å². The minimum Gasteiger partial charge on any atom is -0.398 e. The molecule has 0 bridgehead atoms. The molecule has 0 aliphatic heterocycles. The minimum absolute atomic E-state index is 0.153. The Hall–Kier alpha value is -3.19. The summed E-state index contributed by atoms with van der Waals surface area (Å²) in [6.45, 7) is 0.158. The van der Waals surface area contributed by atoms with E-state index in [-0.39, 0.29) is 18.2 Å². The van der Waals surface area contributed by atoms with Crippen molar-refractivity contribution in [2.45, 2.75) is 13.0 Å². The van der Waals surface area contributed by atoms with Crippen LogP contribution in [-0.4, -0.2) is 32.0 Å². The second-order valence-electron chi connectivity index (χ2n) is 5.80. The van der Waals surface area contributed by atoms with Crippen molar-refractivity contribution in [1.29, 1.82) is 0 Å². The van der Waals surface area contributed by atoms with Crippen LogP contribution in [0, 0.1) is 0 Å². The molecule has 29 heavy (non-hydrogen) atoms. The van der Waals surface area contributed by atoms with Crippen LogP contribution in [0.15, 0.2) is 64.1 Å². The number of nitrogens with one attached hydrogen (secondary N) is 1. The van der Waals surface area contributed by atoms with Gasteiger partial charge in [-0.05, 0) is 17.2 Å². The molecule has 0 fully saturated rings. The third-order valence-electron chi connectivity index (χ3n) is 3.85. The summed E-state index contributed by atoms with van der Waals surface area (Å²) in [6.07, 6.45) is 3.40. The van der Waals surface area contributed by atoms with Gasteiger partial charge in [0.1, 0.15) is 13.7 Å². The lowest BCUT2D eigenvalue weighted by atomic mass is 10.0. The van der Waals surface area contributed by atoms with Gasteiger partial charge in [-0.2, -0.15) is 4.39 Å². The molecule has 0 radical (unpaired) electrons. The number of carbonyl (C=O) groups excluding carboxylic acids is 1. The Bertz CT molecular complexity index is 908. The van der Waals surface area contributed by atoms with E-state index in [1.54, 1.807) is 30.5 Å². The van der Waals surface area contributed by atoms with Gasteiger partial charge in [-0.1, -0.05) is 70.4 Å². The fraction of sp³-hybridized carbons (Fsp3) is 0.190. The lowest BCUT2D eigenvalue weighted by Gasteiger charge is -2.09. The number of nitrogens with zero attached hydrogens (tertiary/aromatic N) is 2. The van der Waals surface area contributed by atoms with Crippen molar-refractivity contribution in [2.24, 2.45) is 10.3 Å². The predicted octanol–water partition coefficient (Wildman–Crippen LogP) is 4.03. The highest BCUT2D eigenvalue weighted by atomic mass is 35.5. The van der Waals surface area contributed by atoms with E-state index in [2.05, 4.69) is 15.6 Å². The van der Waals surface area contributed by atoms with Gasteiger partial charge in [0.25, 0.3) is 5.91 Å². The van der Waals surface area contributed by atoms with Crippen LogP contribution in [0.1, 0.15) is 22.3 Å². The van der Waals surface area contributed by atoms with Gasteiger partial charge in [-0.25, -0.2) is 0 Å². The second-order valence-corrected chi connectivity index (χ2v) is 6.16. The zero-order chi connectivity index (χ0) is 21.1. The number of halogens is 2. The quantitative estimate of drug-likeness (QED) is 0.494. The fourth-order valence-corrected chi connectivity index (χ4v) is 2.60. The highest BCUT2D eigenvalue weighted by Gasteiger charge is 2.17. The van der Waals surface area contributed by atoms with E-state index in [0.29, 0.717) is 17.5 Å². The molecule has 0 unspecified atom stereocenters. The average molecular weight is 418 g/mol. The summed E-state index contributed by atoms with van der Waals surface area (Å²) in [5, 5.41) is 9.54. The van der Waals surface area contributed by atoms with Crippen LogP contribution in [-0.2, 0) is 27.5 Å². The molecule has 2 aromatic rings. The van der Waals surface area contributed by atoms with Crippen LogP contribution in [0.4, 0.5) is 4.39 Å². The number of amides is 1. The molecule has 152 valence electrons. The Balaban J connectivity index is 1.98. The molecule has 0 heterocycles. The Morgan fingerprint density at radius 2 is 1.93 bits per heavy atom. The smallest absolute Gasteiger partial charge is 0.273 e. The van der Waals surface area contributed by atoms with E-state index in [1.807, 2.05) is 24.3 Å². The maximum Gasteiger partial charge on any atom is 0.273 e. The largest absolute Gasteiger partial charge is 0.398 e. The van der Waals surface area contributed by atoms with Crippen LogP contribution in [0.5, 0.6) is 0 Å². The molecular formula is C21H21ClFN3O3. The molecule has 0 saturated heterocycles. The fourth-order valence-electron chi connectivity index (χ4n) is 2.48. The summed E-state index contributed by atoms with van der Waals surface area (Å²) < 4.78 is 12.7. The van der Waals surface area contributed by atoms with Gasteiger partial charge in [0.05, 0.1) is 0 Å². The third-order valence-corrected chi connectivity index (χ3v) is 3.96. The van der Waals surface area contributed by atoms with Gasteiger partial charge < -0.3 is 15.0 Å². The maximum atomic E-state index is 12.7. The van der Waals surface area contributed by atoms with Crippen molar-refractivity contribution in [1.82, 2.24) is 5.32 Å². The Morgan fingerprint density at radius 3 is 2.59 bits per heavy atom. The van der Waals surface area contributed by atoms with E-state index in [4.69, 9.17) is 21.3 Å². The number of likely N-dealkylation sites (N-methyl/N-ethyl adjacent to an activating group) is 1. The van der Waals surface area contributed by atoms with Crippen LogP contribution in [0.25, 0.3) is 6.08 Å². The topological polar surface area (TPSA) is 72.3 Å². The number of benzene rings is 2. The number of rotatable bonds is 9. The minimum atomic E-state index is -0.761. The summed E-state index contributed by atoms with van der Waals surface area (Å²) in [7, 11) is 2.90. The van der Waals surface area contributed by atoms with E-state index < -0.39 is 5.29 Å². The first-order valence-corrected chi connectivity index (χ1v) is 9.10. The number of carbonyl (C=O) groups is 1. The van der Waals surface area contributed by atoms with Gasteiger partial charge in [0, 0.05) is 30.8 Å². The molecule has 0 spiro atoms. The summed E-state index contributed by atoms with van der Waals surface area (Å²) in [4.78, 5) is 22.2. The van der Waals surface area contributed by atoms with Crippen molar-refractivity contribution in [3.05, 3.63) is 76.1 Å². The summed E-state index contributed by atoms with van der Waals surface area (Å²) in [5.41, 5.74) is 3.15. The van der Waals surface area contributed by atoms with Crippen LogP contribution in [0.2, 0.25) is 0 Å².